The number of nitrogens with zero attached hydrogens (tertiary/aromatic N) is 3. The van der Waals surface area contributed by atoms with E-state index in [2.05, 4.69) is 14.7 Å². The first kappa shape index (κ1) is 28.8. The number of oxazole rings is 1. The summed E-state index contributed by atoms with van der Waals surface area (Å²) >= 11 is 6.44. The predicted molar refractivity (Wildman–Crippen MR) is 137 cm³/mol. The number of nitrogens with one attached hydrogen (secondary N) is 1. The van der Waals surface area contributed by atoms with E-state index in [1.807, 2.05) is 0 Å². The van der Waals surface area contributed by atoms with Crippen LogP contribution in [-0.2, 0) is 21.0 Å². The molecule has 0 spiro atoms. The maximum absolute atomic E-state index is 13.8. The third kappa shape index (κ3) is 5.87. The van der Waals surface area contributed by atoms with Gasteiger partial charge in [-0.15, -0.1) is 0 Å². The largest absolute Gasteiger partial charge is 0.495 e. The molecule has 210 valence electrons. The second-order valence-electron chi connectivity index (χ2n) is 8.07. The van der Waals surface area contributed by atoms with Crippen LogP contribution in [0.25, 0.3) is 11.1 Å². The fourth-order valence-electron chi connectivity index (χ4n) is 3.67. The van der Waals surface area contributed by atoms with E-state index in [9.17, 15) is 30.8 Å². The van der Waals surface area contributed by atoms with E-state index in [1.54, 1.807) is 6.92 Å². The fraction of sp³-hybridized carbons (Fsp3) is 0.160. The van der Waals surface area contributed by atoms with Crippen LogP contribution in [0.3, 0.4) is 0 Å². The van der Waals surface area contributed by atoms with Gasteiger partial charge in [-0.2, -0.15) is 13.2 Å². The molecule has 0 aliphatic heterocycles. The van der Waals surface area contributed by atoms with Gasteiger partial charge >= 0.3 is 12.2 Å². The van der Waals surface area contributed by atoms with Crippen LogP contribution in [0.15, 0.2) is 70.4 Å². The summed E-state index contributed by atoms with van der Waals surface area (Å²) < 4.78 is 91.3. The Kier molecular flexibility index (Phi) is 8.03. The molecule has 1 N–H and O–H groups in total. The van der Waals surface area contributed by atoms with E-state index < -0.39 is 33.5 Å². The van der Waals surface area contributed by atoms with Gasteiger partial charge in [0.05, 0.1) is 29.6 Å². The Balaban J connectivity index is 1.76. The Morgan fingerprint density at radius 3 is 2.48 bits per heavy atom. The van der Waals surface area contributed by atoms with Gasteiger partial charge in [-0.25, -0.2) is 27.5 Å². The maximum Gasteiger partial charge on any atom is 0.419 e. The zero-order valence-electron chi connectivity index (χ0n) is 20.7. The molecule has 0 fully saturated rings. The van der Waals surface area contributed by atoms with E-state index in [-0.39, 0.29) is 50.7 Å². The van der Waals surface area contributed by atoms with Crippen LogP contribution in [0, 0.1) is 5.82 Å². The normalized spacial score (nSPS) is 11.8. The van der Waals surface area contributed by atoms with Crippen LogP contribution in [0.2, 0.25) is 5.02 Å². The summed E-state index contributed by atoms with van der Waals surface area (Å²) in [4.78, 5) is 21.7. The maximum atomic E-state index is 13.8. The van der Waals surface area contributed by atoms with Crippen molar-refractivity contribution in [1.82, 2.24) is 9.97 Å². The molecule has 9 nitrogen and oxygen atoms in total. The molecule has 0 unspecified atom stereocenters. The van der Waals surface area contributed by atoms with Crippen molar-refractivity contribution in [2.75, 3.05) is 16.7 Å². The number of aromatic nitrogens is 2. The Morgan fingerprint density at radius 1 is 1.15 bits per heavy atom. The molecular weight excluding hydrogens is 580 g/mol. The molecule has 0 aliphatic carbocycles. The van der Waals surface area contributed by atoms with Crippen LogP contribution in [0.4, 0.5) is 35.1 Å². The molecule has 0 saturated heterocycles. The summed E-state index contributed by atoms with van der Waals surface area (Å²) in [6.45, 7) is 1.58. The monoisotopic (exact) mass is 598 g/mol. The first-order chi connectivity index (χ1) is 18.9. The molecule has 1 amide bonds. The van der Waals surface area contributed by atoms with Crippen molar-refractivity contribution in [3.05, 3.63) is 77.5 Å². The Morgan fingerprint density at radius 2 is 1.90 bits per heavy atom. The molecule has 2 aromatic carbocycles. The zero-order chi connectivity index (χ0) is 29.2. The average Bonchev–Trinajstić information content (AvgIpc) is 3.41. The Labute approximate surface area is 230 Å². The van der Waals surface area contributed by atoms with Crippen LogP contribution < -0.4 is 14.4 Å². The number of ether oxygens (including phenoxy) is 1. The van der Waals surface area contributed by atoms with E-state index >= 15 is 0 Å². The first-order valence-electron chi connectivity index (χ1n) is 11.3. The number of rotatable bonds is 8. The minimum absolute atomic E-state index is 0.00480. The third-order valence-electron chi connectivity index (χ3n) is 5.56. The first-order valence-corrected chi connectivity index (χ1v) is 13.2. The third-order valence-corrected chi connectivity index (χ3v) is 7.18. The lowest BCUT2D eigenvalue weighted by Gasteiger charge is -2.25. The number of hydrogen-bond donors (Lipinski definition) is 1. The number of amides is 1. The van der Waals surface area contributed by atoms with Crippen LogP contribution in [-0.4, -0.2) is 31.4 Å². The number of hydrogen-bond acceptors (Lipinski definition) is 7. The van der Waals surface area contributed by atoms with Gasteiger partial charge in [0, 0.05) is 18.2 Å². The second-order valence-corrected chi connectivity index (χ2v) is 10.2. The number of carbonyl (C=O) groups excluding carboxylic acids is 1. The standard InChI is InChI=1S/C25H19ClF4N4O5S/c1-3-23(35)34(22-7-5-15(13-32-22)40(36,37)33-24-31-8-9-39-24)20-12-18(26)16(11-21(20)38-2)14-4-6-19(27)17(10-14)25(28,29)30/h4-13H,3H2,1-2H3,(H,31,33). The number of halogens is 5. The summed E-state index contributed by atoms with van der Waals surface area (Å²) in [6.07, 6.45) is -1.50. The number of methoxy groups -OCH3 is 1. The van der Waals surface area contributed by atoms with Crippen LogP contribution >= 0.6 is 11.6 Å². The molecule has 4 aromatic rings. The topological polar surface area (TPSA) is 115 Å². The number of sulfonamides is 1. The molecule has 2 aromatic heterocycles. The SMILES string of the molecule is CCC(=O)N(c1ccc(S(=O)(=O)Nc2ncco2)cn1)c1cc(Cl)c(-c2ccc(F)c(C(F)(F)F)c2)cc1OC. The average molecular weight is 599 g/mol. The zero-order valence-corrected chi connectivity index (χ0v) is 22.2. The highest BCUT2D eigenvalue weighted by Gasteiger charge is 2.34. The predicted octanol–water partition coefficient (Wildman–Crippen LogP) is 6.43. The van der Waals surface area contributed by atoms with Gasteiger partial charge in [0.15, 0.2) is 0 Å². The van der Waals surface area contributed by atoms with Crippen LogP contribution in [0.5, 0.6) is 5.75 Å². The number of anilines is 3. The van der Waals surface area contributed by atoms with Crippen molar-refractivity contribution < 1.29 is 39.9 Å². The van der Waals surface area contributed by atoms with Gasteiger partial charge in [-0.3, -0.25) is 9.69 Å². The Bertz CT molecular complexity index is 1650. The summed E-state index contributed by atoms with van der Waals surface area (Å²) in [5, 5.41) is -0.0706. The smallest absolute Gasteiger partial charge is 0.419 e. The molecule has 0 atom stereocenters. The molecular formula is C25H19ClF4N4O5S. The second kappa shape index (κ2) is 11.1. The highest BCUT2D eigenvalue weighted by atomic mass is 35.5. The van der Waals surface area contributed by atoms with Crippen molar-refractivity contribution in [3.8, 4) is 16.9 Å². The molecule has 0 bridgehead atoms. The molecule has 0 saturated carbocycles. The van der Waals surface area contributed by atoms with Crippen molar-refractivity contribution in [2.24, 2.45) is 0 Å². The molecule has 2 heterocycles. The number of carbonyl (C=O) groups is 1. The van der Waals surface area contributed by atoms with E-state index in [4.69, 9.17) is 20.8 Å². The van der Waals surface area contributed by atoms with Crippen molar-refractivity contribution in [2.45, 2.75) is 24.4 Å². The van der Waals surface area contributed by atoms with E-state index in [1.165, 1.54) is 43.8 Å². The lowest BCUT2D eigenvalue weighted by molar-refractivity contribution is -0.140. The molecule has 0 radical (unpaired) electrons. The van der Waals surface area contributed by atoms with Gasteiger partial charge < -0.3 is 9.15 Å². The quantitative estimate of drug-likeness (QED) is 0.232. The van der Waals surface area contributed by atoms with Gasteiger partial charge in [-0.05, 0) is 42.0 Å². The van der Waals surface area contributed by atoms with E-state index in [0.29, 0.717) is 12.1 Å². The highest BCUT2D eigenvalue weighted by Crippen LogP contribution is 2.43. The van der Waals surface area contributed by atoms with E-state index in [0.717, 1.165) is 17.2 Å². The fourth-order valence-corrected chi connectivity index (χ4v) is 4.82. The van der Waals surface area contributed by atoms with Crippen molar-refractivity contribution in [3.63, 3.8) is 0 Å². The van der Waals surface area contributed by atoms with Gasteiger partial charge in [-0.1, -0.05) is 24.6 Å². The molecule has 0 aliphatic rings. The summed E-state index contributed by atoms with van der Waals surface area (Å²) in [5.74, 6) is -1.89. The Hall–Kier alpha value is -4.17. The van der Waals surface area contributed by atoms with Crippen molar-refractivity contribution in [1.29, 1.82) is 0 Å². The lowest BCUT2D eigenvalue weighted by atomic mass is 10.0. The van der Waals surface area contributed by atoms with Gasteiger partial charge in [0.25, 0.3) is 10.0 Å². The molecule has 40 heavy (non-hydrogen) atoms. The van der Waals surface area contributed by atoms with Crippen molar-refractivity contribution >= 4 is 45.1 Å². The number of benzene rings is 2. The minimum atomic E-state index is -4.93. The lowest BCUT2D eigenvalue weighted by Crippen LogP contribution is -2.26. The molecule has 4 rings (SSSR count). The number of alkyl halides is 3. The van der Waals surface area contributed by atoms with Gasteiger partial charge in [0.1, 0.15) is 28.5 Å². The minimum Gasteiger partial charge on any atom is -0.495 e. The van der Waals surface area contributed by atoms with Gasteiger partial charge in [0.2, 0.25) is 5.91 Å². The number of pyridine rings is 1. The molecule has 15 heteroatoms. The summed E-state index contributed by atoms with van der Waals surface area (Å²) in [5.41, 5.74) is -1.34. The van der Waals surface area contributed by atoms with Crippen LogP contribution in [0.1, 0.15) is 18.9 Å². The summed E-state index contributed by atoms with van der Waals surface area (Å²) in [7, 11) is -2.84. The highest BCUT2D eigenvalue weighted by molar-refractivity contribution is 7.92. The summed E-state index contributed by atoms with van der Waals surface area (Å²) in [6, 6.07) is 7.24.